The van der Waals surface area contributed by atoms with E-state index in [9.17, 15) is 17.6 Å². The number of hydrogen-bond acceptors (Lipinski definition) is 3. The quantitative estimate of drug-likeness (QED) is 0.784. The van der Waals surface area contributed by atoms with E-state index in [1.54, 1.807) is 4.90 Å². The molecule has 0 aliphatic carbocycles. The first-order valence-corrected chi connectivity index (χ1v) is 9.55. The standard InChI is InChI=1S/C17H21FN2O3S/c1-13-8-11-19(12-9-13)17(21)16-3-2-10-20(16)24(22,23)15-6-4-14(18)5-7-15/h4-8,16H,2-3,9-12H2,1H3. The van der Waals surface area contributed by atoms with E-state index in [0.717, 1.165) is 18.6 Å². The van der Waals surface area contributed by atoms with Crippen molar-refractivity contribution in [2.45, 2.75) is 37.1 Å². The van der Waals surface area contributed by atoms with Crippen LogP contribution in [0.25, 0.3) is 0 Å². The molecule has 0 radical (unpaired) electrons. The topological polar surface area (TPSA) is 57.7 Å². The molecule has 1 unspecified atom stereocenters. The largest absolute Gasteiger partial charge is 0.337 e. The molecule has 0 bridgehead atoms. The highest BCUT2D eigenvalue weighted by Crippen LogP contribution is 2.28. The normalized spacial score (nSPS) is 22.5. The van der Waals surface area contributed by atoms with Crippen molar-refractivity contribution in [3.8, 4) is 0 Å². The minimum absolute atomic E-state index is 0.0259. The van der Waals surface area contributed by atoms with Crippen LogP contribution in [0.15, 0.2) is 40.8 Å². The molecule has 130 valence electrons. The van der Waals surface area contributed by atoms with Crippen LogP contribution in [0.4, 0.5) is 4.39 Å². The monoisotopic (exact) mass is 352 g/mol. The van der Waals surface area contributed by atoms with Crippen molar-refractivity contribution in [2.75, 3.05) is 19.6 Å². The summed E-state index contributed by atoms with van der Waals surface area (Å²) in [6, 6.07) is 4.08. The predicted molar refractivity (Wildman–Crippen MR) is 88.3 cm³/mol. The molecule has 0 saturated carbocycles. The van der Waals surface area contributed by atoms with E-state index >= 15 is 0 Å². The van der Waals surface area contributed by atoms with Gasteiger partial charge >= 0.3 is 0 Å². The lowest BCUT2D eigenvalue weighted by molar-refractivity contribution is -0.134. The van der Waals surface area contributed by atoms with Gasteiger partial charge in [-0.2, -0.15) is 4.31 Å². The summed E-state index contributed by atoms with van der Waals surface area (Å²) in [6.07, 6.45) is 4.01. The molecule has 0 N–H and O–H groups in total. The minimum Gasteiger partial charge on any atom is -0.337 e. The van der Waals surface area contributed by atoms with Gasteiger partial charge in [0.25, 0.3) is 0 Å². The van der Waals surface area contributed by atoms with E-state index in [1.165, 1.54) is 22.0 Å². The van der Waals surface area contributed by atoms with E-state index in [0.29, 0.717) is 32.5 Å². The van der Waals surface area contributed by atoms with E-state index in [-0.39, 0.29) is 10.8 Å². The highest BCUT2D eigenvalue weighted by Gasteiger charge is 2.41. The van der Waals surface area contributed by atoms with Crippen molar-refractivity contribution in [2.24, 2.45) is 0 Å². The SMILES string of the molecule is CC1=CCN(C(=O)C2CCCN2S(=O)(=O)c2ccc(F)cc2)CC1. The van der Waals surface area contributed by atoms with Gasteiger partial charge in [0.15, 0.2) is 0 Å². The highest BCUT2D eigenvalue weighted by molar-refractivity contribution is 7.89. The Kier molecular flexibility index (Phi) is 4.73. The van der Waals surface area contributed by atoms with Crippen LogP contribution in [-0.4, -0.2) is 49.2 Å². The number of carbonyl (C=O) groups is 1. The second-order valence-electron chi connectivity index (χ2n) is 6.31. The number of rotatable bonds is 3. The molecule has 24 heavy (non-hydrogen) atoms. The van der Waals surface area contributed by atoms with Crippen molar-refractivity contribution in [1.82, 2.24) is 9.21 Å². The molecule has 0 aromatic heterocycles. The Morgan fingerprint density at radius 1 is 1.21 bits per heavy atom. The first-order chi connectivity index (χ1) is 11.4. The fourth-order valence-electron chi connectivity index (χ4n) is 3.20. The number of nitrogens with zero attached hydrogens (tertiary/aromatic N) is 2. The summed E-state index contributed by atoms with van der Waals surface area (Å²) in [6.45, 7) is 3.51. The Morgan fingerprint density at radius 2 is 1.92 bits per heavy atom. The van der Waals surface area contributed by atoms with Crippen LogP contribution >= 0.6 is 0 Å². The van der Waals surface area contributed by atoms with Crippen molar-refractivity contribution in [3.05, 3.63) is 41.7 Å². The number of benzene rings is 1. The summed E-state index contributed by atoms with van der Waals surface area (Å²) in [5, 5.41) is 0. The minimum atomic E-state index is -3.80. The zero-order valence-electron chi connectivity index (χ0n) is 13.6. The summed E-state index contributed by atoms with van der Waals surface area (Å²) >= 11 is 0. The Hall–Kier alpha value is -1.73. The summed E-state index contributed by atoms with van der Waals surface area (Å²) in [4.78, 5) is 14.5. The van der Waals surface area contributed by atoms with Crippen LogP contribution in [0, 0.1) is 5.82 Å². The van der Waals surface area contributed by atoms with Gasteiger partial charge in [-0.05, 0) is 50.5 Å². The predicted octanol–water partition coefficient (Wildman–Crippen LogP) is 2.16. The molecule has 3 rings (SSSR count). The fourth-order valence-corrected chi connectivity index (χ4v) is 4.85. The molecule has 1 aromatic carbocycles. The van der Waals surface area contributed by atoms with Gasteiger partial charge in [-0.1, -0.05) is 11.6 Å². The molecule has 7 heteroatoms. The van der Waals surface area contributed by atoms with Crippen LogP contribution in [0.1, 0.15) is 26.2 Å². The van der Waals surface area contributed by atoms with Crippen LogP contribution in [0.2, 0.25) is 0 Å². The lowest BCUT2D eigenvalue weighted by Gasteiger charge is -2.31. The van der Waals surface area contributed by atoms with Crippen molar-refractivity contribution < 1.29 is 17.6 Å². The summed E-state index contributed by atoms with van der Waals surface area (Å²) in [7, 11) is -3.80. The summed E-state index contributed by atoms with van der Waals surface area (Å²) in [5.74, 6) is -0.625. The van der Waals surface area contributed by atoms with Gasteiger partial charge < -0.3 is 4.90 Å². The van der Waals surface area contributed by atoms with Gasteiger partial charge in [0.05, 0.1) is 4.90 Å². The van der Waals surface area contributed by atoms with Crippen LogP contribution in [-0.2, 0) is 14.8 Å². The van der Waals surface area contributed by atoms with E-state index < -0.39 is 21.9 Å². The third-order valence-electron chi connectivity index (χ3n) is 4.66. The maximum atomic E-state index is 13.1. The summed E-state index contributed by atoms with van der Waals surface area (Å²) < 4.78 is 40.0. The van der Waals surface area contributed by atoms with E-state index in [1.807, 2.05) is 13.0 Å². The molecule has 1 aromatic rings. The third kappa shape index (κ3) is 3.23. The Bertz CT molecular complexity index is 759. The smallest absolute Gasteiger partial charge is 0.243 e. The average molecular weight is 352 g/mol. The van der Waals surface area contributed by atoms with Gasteiger partial charge in [0.2, 0.25) is 15.9 Å². The van der Waals surface area contributed by atoms with Crippen molar-refractivity contribution in [1.29, 1.82) is 0 Å². The second-order valence-corrected chi connectivity index (χ2v) is 8.20. The molecular weight excluding hydrogens is 331 g/mol. The third-order valence-corrected chi connectivity index (χ3v) is 6.58. The van der Waals surface area contributed by atoms with Gasteiger partial charge in [-0.25, -0.2) is 12.8 Å². The lowest BCUT2D eigenvalue weighted by Crippen LogP contribution is -2.48. The van der Waals surface area contributed by atoms with Crippen molar-refractivity contribution in [3.63, 3.8) is 0 Å². The van der Waals surface area contributed by atoms with E-state index in [4.69, 9.17) is 0 Å². The molecular formula is C17H21FN2O3S. The number of sulfonamides is 1. The molecule has 2 aliphatic rings. The van der Waals surface area contributed by atoms with Gasteiger partial charge in [-0.15, -0.1) is 0 Å². The number of halogens is 1. The number of carbonyl (C=O) groups excluding carboxylic acids is 1. The second kappa shape index (κ2) is 6.64. The maximum absolute atomic E-state index is 13.1. The van der Waals surface area contributed by atoms with E-state index in [2.05, 4.69) is 0 Å². The average Bonchev–Trinajstić information content (AvgIpc) is 3.06. The zero-order chi connectivity index (χ0) is 17.3. The molecule has 2 aliphatic heterocycles. The van der Waals surface area contributed by atoms with Crippen molar-refractivity contribution >= 4 is 15.9 Å². The lowest BCUT2D eigenvalue weighted by atomic mass is 10.1. The Balaban J connectivity index is 1.82. The Morgan fingerprint density at radius 3 is 2.54 bits per heavy atom. The fraction of sp³-hybridized carbons (Fsp3) is 0.471. The molecule has 1 amide bonds. The maximum Gasteiger partial charge on any atom is 0.243 e. The Labute approximate surface area is 141 Å². The first kappa shape index (κ1) is 17.1. The van der Waals surface area contributed by atoms with Crippen LogP contribution in [0.5, 0.6) is 0 Å². The highest BCUT2D eigenvalue weighted by atomic mass is 32.2. The number of hydrogen-bond donors (Lipinski definition) is 0. The molecule has 5 nitrogen and oxygen atoms in total. The van der Waals surface area contributed by atoms with Crippen LogP contribution in [0.3, 0.4) is 0 Å². The molecule has 1 fully saturated rings. The first-order valence-electron chi connectivity index (χ1n) is 8.11. The van der Waals surface area contributed by atoms with Crippen LogP contribution < -0.4 is 0 Å². The zero-order valence-corrected chi connectivity index (χ0v) is 14.4. The molecule has 2 heterocycles. The van der Waals surface area contributed by atoms with Gasteiger partial charge in [0, 0.05) is 19.6 Å². The molecule has 1 atom stereocenters. The molecule has 1 saturated heterocycles. The molecule has 0 spiro atoms. The summed E-state index contributed by atoms with van der Waals surface area (Å²) in [5.41, 5.74) is 1.25. The number of amides is 1. The van der Waals surface area contributed by atoms with Gasteiger partial charge in [-0.3, -0.25) is 4.79 Å². The van der Waals surface area contributed by atoms with Gasteiger partial charge in [0.1, 0.15) is 11.9 Å².